The average Bonchev–Trinajstić information content (AvgIpc) is 2.75. The van der Waals surface area contributed by atoms with Gasteiger partial charge in [0, 0.05) is 31.9 Å². The van der Waals surface area contributed by atoms with Gasteiger partial charge in [0.2, 0.25) is 0 Å². The molecule has 2 rings (SSSR count). The van der Waals surface area contributed by atoms with Gasteiger partial charge >= 0.3 is 0 Å². The molecular weight excluding hydrogens is 252 g/mol. The molecule has 6 heteroatoms. The van der Waals surface area contributed by atoms with Crippen LogP contribution in [0.1, 0.15) is 18.3 Å². The molecule has 1 unspecified atom stereocenters. The maximum Gasteiger partial charge on any atom is 0.147 e. The largest absolute Gasteiger partial charge is 0.306 e. The molecule has 0 saturated heterocycles. The summed E-state index contributed by atoms with van der Waals surface area (Å²) in [5.74, 6) is 0. The van der Waals surface area contributed by atoms with Crippen molar-refractivity contribution in [2.24, 2.45) is 7.05 Å². The van der Waals surface area contributed by atoms with Gasteiger partial charge in [-0.25, -0.2) is 0 Å². The maximum absolute atomic E-state index is 9.35. The molecule has 6 nitrogen and oxygen atoms in total. The van der Waals surface area contributed by atoms with E-state index >= 15 is 0 Å². The molecule has 0 bridgehead atoms. The first-order valence-corrected chi connectivity index (χ1v) is 6.43. The Kier molecular flexibility index (Phi) is 4.11. The van der Waals surface area contributed by atoms with Crippen LogP contribution < -0.4 is 0 Å². The molecule has 0 aliphatic heterocycles. The van der Waals surface area contributed by atoms with E-state index in [4.69, 9.17) is 0 Å². The van der Waals surface area contributed by atoms with Crippen molar-refractivity contribution in [1.82, 2.24) is 24.6 Å². The monoisotopic (exact) mass is 270 g/mol. The van der Waals surface area contributed by atoms with E-state index in [0.29, 0.717) is 17.4 Å². The third-order valence-electron chi connectivity index (χ3n) is 3.42. The van der Waals surface area contributed by atoms with Crippen molar-refractivity contribution in [2.75, 3.05) is 14.1 Å². The predicted octanol–water partition coefficient (Wildman–Crippen LogP) is 1.24. The standard InChI is InChI=1S/C14H18N6/c1-10(19(2)3)7-11-14(12-9-16-5-6-17-12)13(8-15)20(4)18-11/h5-6,9-10H,7H2,1-4H3. The lowest BCUT2D eigenvalue weighted by Crippen LogP contribution is -2.27. The van der Waals surface area contributed by atoms with Crippen LogP contribution in [-0.4, -0.2) is 44.8 Å². The minimum absolute atomic E-state index is 0.326. The van der Waals surface area contributed by atoms with Crippen LogP contribution in [-0.2, 0) is 13.5 Å². The highest BCUT2D eigenvalue weighted by Gasteiger charge is 2.21. The third kappa shape index (κ3) is 2.68. The molecule has 0 N–H and O–H groups in total. The SMILES string of the molecule is CC(Cc1nn(C)c(C#N)c1-c1cnccn1)N(C)C. The van der Waals surface area contributed by atoms with Gasteiger partial charge < -0.3 is 4.90 Å². The second kappa shape index (κ2) is 5.80. The lowest BCUT2D eigenvalue weighted by atomic mass is 10.0. The number of hydrogen-bond acceptors (Lipinski definition) is 5. The van der Waals surface area contributed by atoms with Gasteiger partial charge in [-0.05, 0) is 21.0 Å². The molecule has 2 aromatic heterocycles. The van der Waals surface area contributed by atoms with Crippen molar-refractivity contribution < 1.29 is 0 Å². The summed E-state index contributed by atoms with van der Waals surface area (Å²) in [6, 6.07) is 2.53. The zero-order valence-electron chi connectivity index (χ0n) is 12.2. The Balaban J connectivity index is 2.51. The molecule has 0 radical (unpaired) electrons. The zero-order chi connectivity index (χ0) is 14.7. The van der Waals surface area contributed by atoms with Crippen molar-refractivity contribution in [1.29, 1.82) is 5.26 Å². The second-order valence-electron chi connectivity index (χ2n) is 5.01. The van der Waals surface area contributed by atoms with Gasteiger partial charge in [-0.2, -0.15) is 10.4 Å². The Morgan fingerprint density at radius 3 is 2.70 bits per heavy atom. The van der Waals surface area contributed by atoms with Gasteiger partial charge in [-0.15, -0.1) is 0 Å². The summed E-state index contributed by atoms with van der Waals surface area (Å²) in [6.45, 7) is 2.13. The first-order valence-electron chi connectivity index (χ1n) is 6.43. The highest BCUT2D eigenvalue weighted by molar-refractivity contribution is 5.67. The molecule has 2 aromatic rings. The van der Waals surface area contributed by atoms with E-state index in [0.717, 1.165) is 17.7 Å². The summed E-state index contributed by atoms with van der Waals surface area (Å²) in [7, 11) is 5.84. The van der Waals surface area contributed by atoms with Gasteiger partial charge in [-0.1, -0.05) is 0 Å². The molecule has 1 atom stereocenters. The molecule has 104 valence electrons. The molecule has 0 amide bonds. The van der Waals surface area contributed by atoms with Crippen molar-refractivity contribution in [3.63, 3.8) is 0 Å². The zero-order valence-corrected chi connectivity index (χ0v) is 12.2. The number of likely N-dealkylation sites (N-methyl/N-ethyl adjacent to an activating group) is 1. The maximum atomic E-state index is 9.35. The van der Waals surface area contributed by atoms with Crippen LogP contribution in [0.15, 0.2) is 18.6 Å². The normalized spacial score (nSPS) is 12.4. The van der Waals surface area contributed by atoms with Gasteiger partial charge in [-0.3, -0.25) is 14.6 Å². The van der Waals surface area contributed by atoms with E-state index in [1.54, 1.807) is 30.3 Å². The second-order valence-corrected chi connectivity index (χ2v) is 5.01. The number of aromatic nitrogens is 4. The number of hydrogen-bond donors (Lipinski definition) is 0. The van der Waals surface area contributed by atoms with Crippen LogP contribution in [0.5, 0.6) is 0 Å². The van der Waals surface area contributed by atoms with Crippen molar-refractivity contribution in [3.8, 4) is 17.3 Å². The Morgan fingerprint density at radius 1 is 1.40 bits per heavy atom. The van der Waals surface area contributed by atoms with Crippen LogP contribution in [0, 0.1) is 11.3 Å². The first kappa shape index (κ1) is 14.2. The Labute approximate surface area is 118 Å². The average molecular weight is 270 g/mol. The van der Waals surface area contributed by atoms with Crippen molar-refractivity contribution >= 4 is 0 Å². The van der Waals surface area contributed by atoms with Crippen LogP contribution in [0.2, 0.25) is 0 Å². The van der Waals surface area contributed by atoms with Gasteiger partial charge in [0.25, 0.3) is 0 Å². The van der Waals surface area contributed by atoms with Crippen molar-refractivity contribution in [3.05, 3.63) is 30.0 Å². The van der Waals surface area contributed by atoms with Crippen LogP contribution >= 0.6 is 0 Å². The number of rotatable bonds is 4. The Bertz CT molecular complexity index is 623. The molecule has 20 heavy (non-hydrogen) atoms. The molecule has 0 saturated carbocycles. The van der Waals surface area contributed by atoms with E-state index in [1.807, 2.05) is 14.1 Å². The summed E-state index contributed by atoms with van der Waals surface area (Å²) in [6.07, 6.45) is 5.67. The third-order valence-corrected chi connectivity index (χ3v) is 3.42. The van der Waals surface area contributed by atoms with E-state index in [2.05, 4.69) is 33.0 Å². The van der Waals surface area contributed by atoms with E-state index in [-0.39, 0.29) is 0 Å². The molecular formula is C14H18N6. The number of aryl methyl sites for hydroxylation is 1. The molecule has 0 spiro atoms. The van der Waals surface area contributed by atoms with E-state index < -0.39 is 0 Å². The molecule has 0 fully saturated rings. The highest BCUT2D eigenvalue weighted by atomic mass is 15.3. The first-order chi connectivity index (χ1) is 9.54. The van der Waals surface area contributed by atoms with Gasteiger partial charge in [0.05, 0.1) is 23.1 Å². The van der Waals surface area contributed by atoms with Crippen molar-refractivity contribution in [2.45, 2.75) is 19.4 Å². The van der Waals surface area contributed by atoms with Crippen LogP contribution in [0.4, 0.5) is 0 Å². The summed E-state index contributed by atoms with van der Waals surface area (Å²) < 4.78 is 1.61. The number of nitriles is 1. The fraction of sp³-hybridized carbons (Fsp3) is 0.429. The lowest BCUT2D eigenvalue weighted by Gasteiger charge is -2.18. The van der Waals surface area contributed by atoms with E-state index in [1.165, 1.54) is 0 Å². The number of nitrogens with zero attached hydrogens (tertiary/aromatic N) is 6. The Hall–Kier alpha value is -2.26. The van der Waals surface area contributed by atoms with Crippen LogP contribution in [0.25, 0.3) is 11.3 Å². The molecule has 0 aliphatic rings. The van der Waals surface area contributed by atoms with Gasteiger partial charge in [0.15, 0.2) is 0 Å². The topological polar surface area (TPSA) is 70.6 Å². The summed E-state index contributed by atoms with van der Waals surface area (Å²) >= 11 is 0. The lowest BCUT2D eigenvalue weighted by molar-refractivity contribution is 0.310. The Morgan fingerprint density at radius 2 is 2.15 bits per heavy atom. The minimum Gasteiger partial charge on any atom is -0.306 e. The molecule has 2 heterocycles. The highest BCUT2D eigenvalue weighted by Crippen LogP contribution is 2.26. The van der Waals surface area contributed by atoms with Gasteiger partial charge in [0.1, 0.15) is 11.8 Å². The quantitative estimate of drug-likeness (QED) is 0.836. The van der Waals surface area contributed by atoms with E-state index in [9.17, 15) is 5.26 Å². The minimum atomic E-state index is 0.326. The summed E-state index contributed by atoms with van der Waals surface area (Å²) in [4.78, 5) is 10.5. The fourth-order valence-corrected chi connectivity index (χ4v) is 2.01. The smallest absolute Gasteiger partial charge is 0.147 e. The van der Waals surface area contributed by atoms with Crippen LogP contribution in [0.3, 0.4) is 0 Å². The summed E-state index contributed by atoms with van der Waals surface area (Å²) in [5.41, 5.74) is 2.88. The molecule has 0 aliphatic carbocycles. The predicted molar refractivity (Wildman–Crippen MR) is 75.8 cm³/mol. The molecule has 0 aromatic carbocycles. The summed E-state index contributed by atoms with van der Waals surface area (Å²) in [5, 5.41) is 13.8. The fourth-order valence-electron chi connectivity index (χ4n) is 2.01.